The molecule has 2 rings (SSSR count). The topological polar surface area (TPSA) is 60.8 Å². The van der Waals surface area contributed by atoms with E-state index in [-0.39, 0.29) is 5.92 Å². The minimum atomic E-state index is 0.259. The van der Waals surface area contributed by atoms with Gasteiger partial charge < -0.3 is 4.74 Å². The monoisotopic (exact) mass is 390 g/mol. The Balaban J connectivity index is 2.56. The third-order valence-corrected chi connectivity index (χ3v) is 4.12. The molecule has 0 saturated heterocycles. The summed E-state index contributed by atoms with van der Waals surface area (Å²) in [5.74, 6) is 1.21. The number of nitrogens with zero attached hydrogens (tertiary/aromatic N) is 4. The molecule has 0 bridgehead atoms. The van der Waals surface area contributed by atoms with Crippen molar-refractivity contribution in [3.05, 3.63) is 26.8 Å². The maximum absolute atomic E-state index is 6.15. The van der Waals surface area contributed by atoms with Gasteiger partial charge in [-0.2, -0.15) is 0 Å². The van der Waals surface area contributed by atoms with Gasteiger partial charge in [-0.25, -0.2) is 19.9 Å². The van der Waals surface area contributed by atoms with Gasteiger partial charge in [-0.05, 0) is 28.5 Å². The molecular formula is C12H12ClIN4O. The SMILES string of the molecule is COc1cc(-c2nc(Cl)c(I)c(C(C)C)n2)ncn1. The predicted molar refractivity (Wildman–Crippen MR) is 81.4 cm³/mol. The average Bonchev–Trinajstić information content (AvgIpc) is 2.41. The number of rotatable bonds is 3. The summed E-state index contributed by atoms with van der Waals surface area (Å²) in [5, 5.41) is 0.437. The molecule has 2 aromatic heterocycles. The molecule has 100 valence electrons. The van der Waals surface area contributed by atoms with Crippen LogP contribution >= 0.6 is 34.2 Å². The van der Waals surface area contributed by atoms with Gasteiger partial charge in [0.05, 0.1) is 16.4 Å². The number of methoxy groups -OCH3 is 1. The Hall–Kier alpha value is -1.02. The molecule has 2 heterocycles. The van der Waals surface area contributed by atoms with Crippen LogP contribution < -0.4 is 4.74 Å². The number of aromatic nitrogens is 4. The van der Waals surface area contributed by atoms with Crippen molar-refractivity contribution in [1.29, 1.82) is 0 Å². The predicted octanol–water partition coefficient (Wildman–Crippen LogP) is 3.32. The second kappa shape index (κ2) is 5.96. The Morgan fingerprint density at radius 3 is 2.63 bits per heavy atom. The molecule has 5 nitrogen and oxygen atoms in total. The number of halogens is 2. The maximum Gasteiger partial charge on any atom is 0.216 e. The zero-order valence-corrected chi connectivity index (χ0v) is 13.6. The van der Waals surface area contributed by atoms with E-state index in [1.165, 1.54) is 6.33 Å². The highest BCUT2D eigenvalue weighted by atomic mass is 127. The number of ether oxygens (including phenoxy) is 1. The van der Waals surface area contributed by atoms with E-state index in [1.807, 2.05) is 0 Å². The second-order valence-corrected chi connectivity index (χ2v) is 5.57. The van der Waals surface area contributed by atoms with Crippen LogP contribution in [-0.2, 0) is 0 Å². The van der Waals surface area contributed by atoms with Crippen molar-refractivity contribution in [3.8, 4) is 17.4 Å². The van der Waals surface area contributed by atoms with Gasteiger partial charge in [0, 0.05) is 6.07 Å². The van der Waals surface area contributed by atoms with E-state index in [1.54, 1.807) is 13.2 Å². The molecular weight excluding hydrogens is 379 g/mol. The summed E-state index contributed by atoms with van der Waals surface area (Å²) in [7, 11) is 1.55. The van der Waals surface area contributed by atoms with Crippen LogP contribution in [-0.4, -0.2) is 27.0 Å². The molecule has 0 aromatic carbocycles. The zero-order chi connectivity index (χ0) is 14.0. The third-order valence-electron chi connectivity index (χ3n) is 2.46. The van der Waals surface area contributed by atoms with Gasteiger partial charge >= 0.3 is 0 Å². The van der Waals surface area contributed by atoms with Gasteiger partial charge in [-0.3, -0.25) is 0 Å². The molecule has 0 fully saturated rings. The Morgan fingerprint density at radius 2 is 2.00 bits per heavy atom. The van der Waals surface area contributed by atoms with Crippen LogP contribution in [0, 0.1) is 3.57 Å². The standard InChI is InChI=1S/C12H12ClIN4O/c1-6(2)10-9(14)11(13)18-12(17-10)7-4-8(19-3)16-5-15-7/h4-6H,1-3H3. The van der Waals surface area contributed by atoms with Crippen molar-refractivity contribution < 1.29 is 4.74 Å². The van der Waals surface area contributed by atoms with E-state index >= 15 is 0 Å². The van der Waals surface area contributed by atoms with Crippen molar-refractivity contribution in [2.75, 3.05) is 7.11 Å². The first-order valence-electron chi connectivity index (χ1n) is 5.62. The van der Waals surface area contributed by atoms with Gasteiger partial charge in [0.25, 0.3) is 0 Å². The van der Waals surface area contributed by atoms with E-state index in [0.29, 0.717) is 22.6 Å². The van der Waals surface area contributed by atoms with Gasteiger partial charge in [0.1, 0.15) is 17.2 Å². The number of hydrogen-bond acceptors (Lipinski definition) is 5. The second-order valence-electron chi connectivity index (χ2n) is 4.14. The lowest BCUT2D eigenvalue weighted by Crippen LogP contribution is -2.03. The zero-order valence-electron chi connectivity index (χ0n) is 10.7. The lowest BCUT2D eigenvalue weighted by Gasteiger charge is -2.10. The van der Waals surface area contributed by atoms with Crippen LogP contribution in [0.25, 0.3) is 11.5 Å². The summed E-state index contributed by atoms with van der Waals surface area (Å²) in [6.07, 6.45) is 1.42. The molecule has 0 aliphatic carbocycles. The summed E-state index contributed by atoms with van der Waals surface area (Å²) >= 11 is 8.31. The fraction of sp³-hybridized carbons (Fsp3) is 0.333. The van der Waals surface area contributed by atoms with Crippen LogP contribution in [0.15, 0.2) is 12.4 Å². The lowest BCUT2D eigenvalue weighted by molar-refractivity contribution is 0.397. The maximum atomic E-state index is 6.15. The van der Waals surface area contributed by atoms with Crippen molar-refractivity contribution in [2.45, 2.75) is 19.8 Å². The molecule has 0 N–H and O–H groups in total. The van der Waals surface area contributed by atoms with Crippen LogP contribution in [0.2, 0.25) is 5.15 Å². The van der Waals surface area contributed by atoms with Crippen LogP contribution in [0.1, 0.15) is 25.5 Å². The van der Waals surface area contributed by atoms with Crippen molar-refractivity contribution in [3.63, 3.8) is 0 Å². The minimum Gasteiger partial charge on any atom is -0.481 e. The summed E-state index contributed by atoms with van der Waals surface area (Å²) < 4.78 is 5.94. The summed E-state index contributed by atoms with van der Waals surface area (Å²) in [6.45, 7) is 4.12. The van der Waals surface area contributed by atoms with E-state index < -0.39 is 0 Å². The summed E-state index contributed by atoms with van der Waals surface area (Å²) in [4.78, 5) is 16.9. The average molecular weight is 391 g/mol. The molecule has 19 heavy (non-hydrogen) atoms. The Labute approximate surface area is 130 Å². The third kappa shape index (κ3) is 3.11. The van der Waals surface area contributed by atoms with E-state index in [0.717, 1.165) is 9.26 Å². The smallest absolute Gasteiger partial charge is 0.216 e. The molecule has 0 atom stereocenters. The molecule has 0 unspecified atom stereocenters. The first kappa shape index (κ1) is 14.4. The summed E-state index contributed by atoms with van der Waals surface area (Å²) in [5.41, 5.74) is 1.50. The van der Waals surface area contributed by atoms with E-state index in [4.69, 9.17) is 16.3 Å². The largest absolute Gasteiger partial charge is 0.481 e. The number of hydrogen-bond donors (Lipinski definition) is 0. The van der Waals surface area contributed by atoms with E-state index in [2.05, 4.69) is 56.4 Å². The lowest BCUT2D eigenvalue weighted by atomic mass is 10.1. The molecule has 0 aliphatic rings. The van der Waals surface area contributed by atoms with Crippen LogP contribution in [0.4, 0.5) is 0 Å². The minimum absolute atomic E-state index is 0.259. The highest BCUT2D eigenvalue weighted by Crippen LogP contribution is 2.27. The van der Waals surface area contributed by atoms with Gasteiger partial charge in [0.2, 0.25) is 5.88 Å². The molecule has 2 aromatic rings. The fourth-order valence-electron chi connectivity index (χ4n) is 1.51. The Kier molecular flexibility index (Phi) is 4.51. The molecule has 0 amide bonds. The van der Waals surface area contributed by atoms with Crippen molar-refractivity contribution in [2.24, 2.45) is 0 Å². The fourth-order valence-corrected chi connectivity index (χ4v) is 2.55. The van der Waals surface area contributed by atoms with Gasteiger partial charge in [-0.15, -0.1) is 0 Å². The first-order valence-corrected chi connectivity index (χ1v) is 7.08. The molecule has 0 spiro atoms. The van der Waals surface area contributed by atoms with Crippen molar-refractivity contribution >= 4 is 34.2 Å². The van der Waals surface area contributed by atoms with Crippen LogP contribution in [0.3, 0.4) is 0 Å². The van der Waals surface area contributed by atoms with Gasteiger partial charge in [0.15, 0.2) is 5.82 Å². The van der Waals surface area contributed by atoms with Crippen molar-refractivity contribution in [1.82, 2.24) is 19.9 Å². The highest BCUT2D eigenvalue weighted by Gasteiger charge is 2.15. The Bertz CT molecular complexity index is 606. The quantitative estimate of drug-likeness (QED) is 0.594. The van der Waals surface area contributed by atoms with E-state index in [9.17, 15) is 0 Å². The highest BCUT2D eigenvalue weighted by molar-refractivity contribution is 14.1. The molecule has 0 aliphatic heterocycles. The van der Waals surface area contributed by atoms with Gasteiger partial charge in [-0.1, -0.05) is 25.4 Å². The summed E-state index contributed by atoms with van der Waals surface area (Å²) in [6, 6.07) is 1.68. The van der Waals surface area contributed by atoms with Crippen LogP contribution in [0.5, 0.6) is 5.88 Å². The Morgan fingerprint density at radius 1 is 1.26 bits per heavy atom. The molecule has 0 radical (unpaired) electrons. The normalized spacial score (nSPS) is 10.8. The molecule has 7 heteroatoms. The first-order chi connectivity index (χ1) is 9.02. The molecule has 0 saturated carbocycles.